The number of rotatable bonds is 7. The summed E-state index contributed by atoms with van der Waals surface area (Å²) >= 11 is 6.46. The SMILES string of the molecule is N#Cc1ccc(-c2ccc(C[C@@H](CO)NC(=O)c3c(F)cc(N4CCOCC4)cc3F)c3cccnc23)c(Cl)c1. The number of nitriles is 1. The number of amides is 1. The first-order valence-electron chi connectivity index (χ1n) is 12.7. The molecule has 2 N–H and O–H groups in total. The highest BCUT2D eigenvalue weighted by Gasteiger charge is 2.24. The van der Waals surface area contributed by atoms with Crippen LogP contribution in [0, 0.1) is 23.0 Å². The largest absolute Gasteiger partial charge is 0.394 e. The molecule has 0 saturated carbocycles. The van der Waals surface area contributed by atoms with Gasteiger partial charge in [0, 0.05) is 46.5 Å². The van der Waals surface area contributed by atoms with Crippen molar-refractivity contribution in [2.75, 3.05) is 37.8 Å². The zero-order valence-electron chi connectivity index (χ0n) is 21.3. The van der Waals surface area contributed by atoms with Gasteiger partial charge in [-0.1, -0.05) is 35.9 Å². The number of morpholine rings is 1. The Labute approximate surface area is 234 Å². The van der Waals surface area contributed by atoms with Crippen LogP contribution in [0.4, 0.5) is 14.5 Å². The second-order valence-electron chi connectivity index (χ2n) is 9.42. The average molecular weight is 563 g/mol. The number of nitrogens with zero attached hydrogens (tertiary/aromatic N) is 3. The van der Waals surface area contributed by atoms with Crippen LogP contribution in [0.2, 0.25) is 5.02 Å². The van der Waals surface area contributed by atoms with Gasteiger partial charge in [0.15, 0.2) is 0 Å². The molecule has 10 heteroatoms. The van der Waals surface area contributed by atoms with Crippen molar-refractivity contribution < 1.29 is 23.4 Å². The Morgan fingerprint density at radius 2 is 1.85 bits per heavy atom. The fraction of sp³-hybridized carbons (Fsp3) is 0.233. The van der Waals surface area contributed by atoms with Gasteiger partial charge in [0.05, 0.1) is 43.0 Å². The normalized spacial score (nSPS) is 14.1. The van der Waals surface area contributed by atoms with Crippen LogP contribution in [0.15, 0.2) is 60.8 Å². The lowest BCUT2D eigenvalue weighted by molar-refractivity contribution is 0.0908. The minimum Gasteiger partial charge on any atom is -0.394 e. The molecule has 1 saturated heterocycles. The first-order chi connectivity index (χ1) is 19.4. The third-order valence-electron chi connectivity index (χ3n) is 6.90. The number of hydrogen-bond donors (Lipinski definition) is 2. The van der Waals surface area contributed by atoms with Crippen LogP contribution in [-0.2, 0) is 11.2 Å². The molecule has 1 aliphatic rings. The monoisotopic (exact) mass is 562 g/mol. The predicted octanol–water partition coefficient (Wildman–Crippen LogP) is 4.88. The van der Waals surface area contributed by atoms with Crippen LogP contribution in [0.25, 0.3) is 22.0 Å². The van der Waals surface area contributed by atoms with Gasteiger partial charge < -0.3 is 20.1 Å². The van der Waals surface area contributed by atoms with E-state index < -0.39 is 35.8 Å². The number of aromatic nitrogens is 1. The van der Waals surface area contributed by atoms with Gasteiger partial charge in [0.1, 0.15) is 17.2 Å². The number of nitrogens with one attached hydrogen (secondary N) is 1. The Balaban J connectivity index is 1.39. The summed E-state index contributed by atoms with van der Waals surface area (Å²) in [6.45, 7) is 1.45. The molecule has 5 rings (SSSR count). The van der Waals surface area contributed by atoms with E-state index in [4.69, 9.17) is 21.6 Å². The number of ether oxygens (including phenoxy) is 1. The molecule has 40 heavy (non-hydrogen) atoms. The molecule has 0 bridgehead atoms. The summed E-state index contributed by atoms with van der Waals surface area (Å²) in [7, 11) is 0. The Bertz CT molecular complexity index is 1600. The quantitative estimate of drug-likeness (QED) is 0.333. The highest BCUT2D eigenvalue weighted by atomic mass is 35.5. The number of aliphatic hydroxyl groups is 1. The van der Waals surface area contributed by atoms with Crippen molar-refractivity contribution in [3.8, 4) is 17.2 Å². The number of aliphatic hydroxyl groups excluding tert-OH is 1. The lowest BCUT2D eigenvalue weighted by atomic mass is 9.95. The van der Waals surface area contributed by atoms with Crippen LogP contribution in [0.5, 0.6) is 0 Å². The fourth-order valence-electron chi connectivity index (χ4n) is 4.90. The number of pyridine rings is 1. The summed E-state index contributed by atoms with van der Waals surface area (Å²) < 4.78 is 35.1. The molecule has 0 spiro atoms. The van der Waals surface area contributed by atoms with Gasteiger partial charge in [0.2, 0.25) is 0 Å². The molecule has 3 aromatic carbocycles. The Hall–Kier alpha value is -4.10. The Morgan fingerprint density at radius 1 is 1.12 bits per heavy atom. The zero-order chi connectivity index (χ0) is 28.2. The molecule has 1 atom stereocenters. The minimum atomic E-state index is -0.978. The summed E-state index contributed by atoms with van der Waals surface area (Å²) in [5.41, 5.74) is 2.94. The maximum Gasteiger partial charge on any atom is 0.257 e. The summed E-state index contributed by atoms with van der Waals surface area (Å²) in [5, 5.41) is 22.9. The summed E-state index contributed by atoms with van der Waals surface area (Å²) in [6, 6.07) is 15.8. The lowest BCUT2D eigenvalue weighted by Crippen LogP contribution is -2.40. The summed E-state index contributed by atoms with van der Waals surface area (Å²) in [4.78, 5) is 19.3. The number of carbonyl (C=O) groups excluding carboxylic acids is 1. The van der Waals surface area contributed by atoms with E-state index >= 15 is 0 Å². The van der Waals surface area contributed by atoms with Crippen molar-refractivity contribution in [1.82, 2.24) is 10.3 Å². The molecule has 0 unspecified atom stereocenters. The number of anilines is 1. The molecule has 1 aliphatic heterocycles. The van der Waals surface area contributed by atoms with E-state index in [9.17, 15) is 18.7 Å². The molecular formula is C30H25ClF2N4O3. The van der Waals surface area contributed by atoms with Crippen molar-refractivity contribution in [2.45, 2.75) is 12.5 Å². The number of carbonyl (C=O) groups is 1. The number of halogens is 3. The molecular weight excluding hydrogens is 538 g/mol. The van der Waals surface area contributed by atoms with Crippen molar-refractivity contribution in [3.05, 3.63) is 94.1 Å². The first kappa shape index (κ1) is 27.5. The highest BCUT2D eigenvalue weighted by Crippen LogP contribution is 2.35. The van der Waals surface area contributed by atoms with E-state index in [-0.39, 0.29) is 6.42 Å². The van der Waals surface area contributed by atoms with Crippen LogP contribution < -0.4 is 10.2 Å². The van der Waals surface area contributed by atoms with E-state index in [2.05, 4.69) is 16.4 Å². The van der Waals surface area contributed by atoms with Gasteiger partial charge in [-0.3, -0.25) is 9.78 Å². The van der Waals surface area contributed by atoms with Gasteiger partial charge in [0.25, 0.3) is 5.91 Å². The Kier molecular flexibility index (Phi) is 8.21. The van der Waals surface area contributed by atoms with E-state index in [1.54, 1.807) is 35.4 Å². The standard InChI is InChI=1S/C30H25ClF2N4O3/c31-25-12-18(16-34)3-5-23(25)24-6-4-19(22-2-1-7-35-29(22)24)13-20(17-38)36-30(39)28-26(32)14-21(15-27(28)33)37-8-10-40-11-9-37/h1-7,12,14-15,20,38H,8-11,13,17H2,(H,36,39)/t20-/m0/s1. The average Bonchev–Trinajstić information content (AvgIpc) is 2.97. The zero-order valence-corrected chi connectivity index (χ0v) is 22.1. The maximum absolute atomic E-state index is 14.9. The molecule has 0 radical (unpaired) electrons. The van der Waals surface area contributed by atoms with Crippen LogP contribution in [0.1, 0.15) is 21.5 Å². The summed E-state index contributed by atoms with van der Waals surface area (Å²) in [6.07, 6.45) is 1.82. The molecule has 0 aliphatic carbocycles. The van der Waals surface area contributed by atoms with E-state index in [0.717, 1.165) is 28.6 Å². The van der Waals surface area contributed by atoms with Crippen molar-refractivity contribution in [3.63, 3.8) is 0 Å². The maximum atomic E-state index is 14.9. The van der Waals surface area contributed by atoms with Gasteiger partial charge in [-0.15, -0.1) is 0 Å². The minimum absolute atomic E-state index is 0.181. The van der Waals surface area contributed by atoms with Crippen LogP contribution >= 0.6 is 11.6 Å². The fourth-order valence-corrected chi connectivity index (χ4v) is 5.18. The number of benzene rings is 3. The molecule has 4 aromatic rings. The molecule has 1 amide bonds. The second kappa shape index (κ2) is 12.0. The third kappa shape index (κ3) is 5.61. The van der Waals surface area contributed by atoms with Crippen LogP contribution in [0.3, 0.4) is 0 Å². The lowest BCUT2D eigenvalue weighted by Gasteiger charge is -2.29. The molecule has 1 aromatic heterocycles. The van der Waals surface area contributed by atoms with E-state index in [1.807, 2.05) is 18.2 Å². The molecule has 204 valence electrons. The third-order valence-corrected chi connectivity index (χ3v) is 7.21. The van der Waals surface area contributed by atoms with Crippen molar-refractivity contribution in [2.24, 2.45) is 0 Å². The second-order valence-corrected chi connectivity index (χ2v) is 9.83. The van der Waals surface area contributed by atoms with Gasteiger partial charge in [-0.05, 0) is 42.3 Å². The molecule has 7 nitrogen and oxygen atoms in total. The van der Waals surface area contributed by atoms with Gasteiger partial charge in [-0.2, -0.15) is 5.26 Å². The van der Waals surface area contributed by atoms with Crippen molar-refractivity contribution >= 4 is 34.1 Å². The predicted molar refractivity (Wildman–Crippen MR) is 148 cm³/mol. The molecule has 2 heterocycles. The van der Waals surface area contributed by atoms with Gasteiger partial charge >= 0.3 is 0 Å². The van der Waals surface area contributed by atoms with E-state index in [0.29, 0.717) is 53.7 Å². The van der Waals surface area contributed by atoms with Crippen molar-refractivity contribution in [1.29, 1.82) is 5.26 Å². The van der Waals surface area contributed by atoms with E-state index in [1.165, 1.54) is 0 Å². The number of hydrogen-bond acceptors (Lipinski definition) is 6. The smallest absolute Gasteiger partial charge is 0.257 e. The topological polar surface area (TPSA) is 98.5 Å². The van der Waals surface area contributed by atoms with Gasteiger partial charge in [-0.25, -0.2) is 8.78 Å². The molecule has 1 fully saturated rings. The highest BCUT2D eigenvalue weighted by molar-refractivity contribution is 6.33. The number of fused-ring (bicyclic) bond motifs is 1. The summed E-state index contributed by atoms with van der Waals surface area (Å²) in [5.74, 6) is -2.91. The Morgan fingerprint density at radius 3 is 2.52 bits per heavy atom. The van der Waals surface area contributed by atoms with Crippen LogP contribution in [-0.4, -0.2) is 54.9 Å². The first-order valence-corrected chi connectivity index (χ1v) is 13.1.